The standard InChI is InChI=1S/C26H21ClN2O4S/c1-32-22-13-12-19(16-21(22)27)29-26(31)24(17-7-3-2-4-8-17)34-20-10-5-9-18(15-20)28-25(30)23-11-6-14-33-23/h2-16,24H,1H3,(H,28,30)(H,29,31). The number of thioether (sulfide) groups is 1. The monoisotopic (exact) mass is 492 g/mol. The number of hydrogen-bond acceptors (Lipinski definition) is 5. The van der Waals surface area contributed by atoms with E-state index in [0.717, 1.165) is 10.5 Å². The SMILES string of the molecule is COc1ccc(NC(=O)C(Sc2cccc(NC(=O)c3ccco3)c2)c2ccccc2)cc1Cl. The van der Waals surface area contributed by atoms with Gasteiger partial charge in [-0.1, -0.05) is 48.0 Å². The molecule has 8 heteroatoms. The van der Waals surface area contributed by atoms with Gasteiger partial charge in [0.25, 0.3) is 5.91 Å². The van der Waals surface area contributed by atoms with Crippen molar-refractivity contribution in [2.45, 2.75) is 10.1 Å². The molecule has 4 rings (SSSR count). The molecular formula is C26H21ClN2O4S. The summed E-state index contributed by atoms with van der Waals surface area (Å²) < 4.78 is 10.3. The van der Waals surface area contributed by atoms with E-state index < -0.39 is 5.25 Å². The van der Waals surface area contributed by atoms with Crippen LogP contribution in [0.25, 0.3) is 0 Å². The molecule has 1 heterocycles. The summed E-state index contributed by atoms with van der Waals surface area (Å²) in [5.74, 6) is 0.197. The van der Waals surface area contributed by atoms with E-state index in [2.05, 4.69) is 10.6 Å². The minimum absolute atomic E-state index is 0.206. The zero-order chi connectivity index (χ0) is 23.9. The van der Waals surface area contributed by atoms with Crippen LogP contribution < -0.4 is 15.4 Å². The van der Waals surface area contributed by atoms with Crippen LogP contribution in [0.15, 0.2) is 101 Å². The summed E-state index contributed by atoms with van der Waals surface area (Å²) >= 11 is 7.59. The van der Waals surface area contributed by atoms with E-state index in [4.69, 9.17) is 20.8 Å². The van der Waals surface area contributed by atoms with Crippen molar-refractivity contribution in [3.8, 4) is 5.75 Å². The average molecular weight is 493 g/mol. The Morgan fingerprint density at radius 3 is 2.41 bits per heavy atom. The summed E-state index contributed by atoms with van der Waals surface area (Å²) in [6.45, 7) is 0. The molecule has 4 aromatic rings. The van der Waals surface area contributed by atoms with Crippen LogP contribution in [-0.4, -0.2) is 18.9 Å². The molecule has 2 amide bonds. The Bertz CT molecular complexity index is 1280. The number of nitrogens with one attached hydrogen (secondary N) is 2. The molecule has 6 nitrogen and oxygen atoms in total. The molecule has 1 atom stereocenters. The molecular weight excluding hydrogens is 472 g/mol. The first-order chi connectivity index (χ1) is 16.5. The Balaban J connectivity index is 1.54. The topological polar surface area (TPSA) is 80.6 Å². The van der Waals surface area contributed by atoms with E-state index in [1.165, 1.54) is 25.1 Å². The van der Waals surface area contributed by atoms with E-state index in [1.54, 1.807) is 36.4 Å². The first-order valence-electron chi connectivity index (χ1n) is 10.3. The number of benzene rings is 3. The van der Waals surface area contributed by atoms with Gasteiger partial charge in [-0.25, -0.2) is 0 Å². The summed E-state index contributed by atoms with van der Waals surface area (Å²) in [7, 11) is 1.53. The van der Waals surface area contributed by atoms with Crippen LogP contribution >= 0.6 is 23.4 Å². The van der Waals surface area contributed by atoms with E-state index in [-0.39, 0.29) is 17.6 Å². The number of hydrogen-bond donors (Lipinski definition) is 2. The van der Waals surface area contributed by atoms with Crippen molar-refractivity contribution < 1.29 is 18.7 Å². The Morgan fingerprint density at radius 2 is 1.71 bits per heavy atom. The van der Waals surface area contributed by atoms with Gasteiger partial charge in [-0.05, 0) is 54.1 Å². The minimum Gasteiger partial charge on any atom is -0.495 e. The summed E-state index contributed by atoms with van der Waals surface area (Å²) in [4.78, 5) is 26.4. The van der Waals surface area contributed by atoms with Crippen molar-refractivity contribution in [2.75, 3.05) is 17.7 Å². The summed E-state index contributed by atoms with van der Waals surface area (Å²) in [5, 5.41) is 5.61. The third kappa shape index (κ3) is 5.81. The van der Waals surface area contributed by atoms with Crippen LogP contribution in [0, 0.1) is 0 Å². The molecule has 1 aromatic heterocycles. The number of carbonyl (C=O) groups is 2. The number of rotatable bonds is 8. The lowest BCUT2D eigenvalue weighted by Crippen LogP contribution is -2.19. The van der Waals surface area contributed by atoms with E-state index in [0.29, 0.717) is 22.1 Å². The second-order valence-corrected chi connectivity index (χ2v) is 8.79. The van der Waals surface area contributed by atoms with Gasteiger partial charge in [0, 0.05) is 16.3 Å². The fourth-order valence-corrected chi connectivity index (χ4v) is 4.58. The Morgan fingerprint density at radius 1 is 0.912 bits per heavy atom. The van der Waals surface area contributed by atoms with Gasteiger partial charge in [-0.2, -0.15) is 0 Å². The third-order valence-electron chi connectivity index (χ3n) is 4.85. The average Bonchev–Trinajstić information content (AvgIpc) is 3.39. The van der Waals surface area contributed by atoms with Crippen LogP contribution in [0.2, 0.25) is 5.02 Å². The molecule has 0 bridgehead atoms. The first-order valence-corrected chi connectivity index (χ1v) is 11.6. The molecule has 1 unspecified atom stereocenters. The lowest BCUT2D eigenvalue weighted by molar-refractivity contribution is -0.115. The second-order valence-electron chi connectivity index (χ2n) is 7.21. The largest absolute Gasteiger partial charge is 0.495 e. The maximum absolute atomic E-state index is 13.3. The van der Waals surface area contributed by atoms with Crippen LogP contribution in [0.4, 0.5) is 11.4 Å². The van der Waals surface area contributed by atoms with Gasteiger partial charge < -0.3 is 19.8 Å². The normalized spacial score (nSPS) is 11.5. The number of ether oxygens (including phenoxy) is 1. The van der Waals surface area contributed by atoms with Crippen molar-refractivity contribution in [1.29, 1.82) is 0 Å². The molecule has 3 aromatic carbocycles. The molecule has 0 radical (unpaired) electrons. The Labute approximate surface area is 206 Å². The molecule has 34 heavy (non-hydrogen) atoms. The lowest BCUT2D eigenvalue weighted by Gasteiger charge is -2.18. The van der Waals surface area contributed by atoms with Gasteiger partial charge >= 0.3 is 0 Å². The van der Waals surface area contributed by atoms with Crippen molar-refractivity contribution in [3.05, 3.63) is 108 Å². The van der Waals surface area contributed by atoms with Gasteiger partial charge in [-0.15, -0.1) is 11.8 Å². The lowest BCUT2D eigenvalue weighted by atomic mass is 10.1. The fraction of sp³-hybridized carbons (Fsp3) is 0.0769. The number of methoxy groups -OCH3 is 1. The number of furan rings is 1. The molecule has 0 spiro atoms. The fourth-order valence-electron chi connectivity index (χ4n) is 3.24. The van der Waals surface area contributed by atoms with Gasteiger partial charge in [0.15, 0.2) is 5.76 Å². The highest BCUT2D eigenvalue weighted by Crippen LogP contribution is 2.37. The maximum Gasteiger partial charge on any atom is 0.291 e. The number of anilines is 2. The predicted octanol–water partition coefficient (Wildman–Crippen LogP) is 6.67. The summed E-state index contributed by atoms with van der Waals surface area (Å²) in [5.41, 5.74) is 2.01. The van der Waals surface area contributed by atoms with Crippen LogP contribution in [0.3, 0.4) is 0 Å². The molecule has 0 aliphatic heterocycles. The quantitative estimate of drug-likeness (QED) is 0.268. The van der Waals surface area contributed by atoms with Crippen LogP contribution in [0.1, 0.15) is 21.4 Å². The molecule has 172 valence electrons. The highest BCUT2D eigenvalue weighted by molar-refractivity contribution is 8.00. The minimum atomic E-state index is -0.543. The second kappa shape index (κ2) is 11.0. The summed E-state index contributed by atoms with van der Waals surface area (Å²) in [6.07, 6.45) is 1.44. The Kier molecular flexibility index (Phi) is 7.57. The Hall–Kier alpha value is -3.68. The van der Waals surface area contributed by atoms with E-state index in [9.17, 15) is 9.59 Å². The van der Waals surface area contributed by atoms with Gasteiger partial charge in [0.1, 0.15) is 11.0 Å². The van der Waals surface area contributed by atoms with Crippen molar-refractivity contribution in [3.63, 3.8) is 0 Å². The smallest absolute Gasteiger partial charge is 0.291 e. The molecule has 0 fully saturated rings. The summed E-state index contributed by atoms with van der Waals surface area (Å²) in [6, 6.07) is 25.1. The van der Waals surface area contributed by atoms with Crippen LogP contribution in [0.5, 0.6) is 5.75 Å². The van der Waals surface area contributed by atoms with Gasteiger partial charge in [0.05, 0.1) is 18.4 Å². The molecule has 0 saturated heterocycles. The highest BCUT2D eigenvalue weighted by Gasteiger charge is 2.23. The van der Waals surface area contributed by atoms with E-state index >= 15 is 0 Å². The molecule has 0 aliphatic carbocycles. The van der Waals surface area contributed by atoms with Gasteiger partial charge in [0.2, 0.25) is 5.91 Å². The van der Waals surface area contributed by atoms with Crippen molar-refractivity contribution in [1.82, 2.24) is 0 Å². The number of carbonyl (C=O) groups excluding carboxylic acids is 2. The van der Waals surface area contributed by atoms with Crippen LogP contribution in [-0.2, 0) is 4.79 Å². The maximum atomic E-state index is 13.3. The molecule has 0 aliphatic rings. The first kappa shape index (κ1) is 23.5. The van der Waals surface area contributed by atoms with Crippen molar-refractivity contribution in [2.24, 2.45) is 0 Å². The zero-order valence-electron chi connectivity index (χ0n) is 18.2. The van der Waals surface area contributed by atoms with Gasteiger partial charge in [-0.3, -0.25) is 9.59 Å². The van der Waals surface area contributed by atoms with E-state index in [1.807, 2.05) is 48.5 Å². The zero-order valence-corrected chi connectivity index (χ0v) is 19.7. The molecule has 0 saturated carbocycles. The third-order valence-corrected chi connectivity index (χ3v) is 6.39. The number of halogens is 1. The number of amides is 2. The van der Waals surface area contributed by atoms with Crippen molar-refractivity contribution >= 4 is 46.6 Å². The molecule has 2 N–H and O–H groups in total. The highest BCUT2D eigenvalue weighted by atomic mass is 35.5. The predicted molar refractivity (Wildman–Crippen MR) is 135 cm³/mol.